The van der Waals surface area contributed by atoms with Crippen LogP contribution in [0.1, 0.15) is 24.7 Å². The second-order valence-corrected chi connectivity index (χ2v) is 8.61. The highest BCUT2D eigenvalue weighted by Gasteiger charge is 2.18. The standard InChI is InChI=1S/C26H35N5O2/c1-3-25-27-31(26(32)30(25)19-20-33-24-11-5-4-6-12-24)14-8-13-28-15-17-29(18-16-28)23-10-7-9-22(2)21-23/h4-7,9-12,21H,3,8,13-20H2,1-2H3. The molecule has 0 unspecified atom stereocenters. The van der Waals surface area contributed by atoms with Crippen molar-refractivity contribution in [2.45, 2.75) is 39.8 Å². The summed E-state index contributed by atoms with van der Waals surface area (Å²) in [7, 11) is 0. The SMILES string of the molecule is CCc1nn(CCCN2CCN(c3cccc(C)c3)CC2)c(=O)n1CCOc1ccccc1. The van der Waals surface area contributed by atoms with Crippen LogP contribution in [0.5, 0.6) is 5.75 Å². The molecule has 0 N–H and O–H groups in total. The molecule has 33 heavy (non-hydrogen) atoms. The van der Waals surface area contributed by atoms with Gasteiger partial charge in [0.2, 0.25) is 0 Å². The van der Waals surface area contributed by atoms with E-state index >= 15 is 0 Å². The van der Waals surface area contributed by atoms with Crippen LogP contribution in [-0.4, -0.2) is 58.6 Å². The minimum Gasteiger partial charge on any atom is -0.492 e. The van der Waals surface area contributed by atoms with Gasteiger partial charge in [0.15, 0.2) is 0 Å². The van der Waals surface area contributed by atoms with E-state index in [-0.39, 0.29) is 5.69 Å². The Hall–Kier alpha value is -3.06. The molecule has 2 aromatic carbocycles. The minimum absolute atomic E-state index is 0.0345. The topological polar surface area (TPSA) is 55.5 Å². The first-order chi connectivity index (χ1) is 16.1. The predicted octanol–water partition coefficient (Wildman–Crippen LogP) is 3.21. The number of para-hydroxylation sites is 1. The lowest BCUT2D eigenvalue weighted by Crippen LogP contribution is -2.46. The van der Waals surface area contributed by atoms with E-state index in [0.29, 0.717) is 19.7 Å². The molecule has 0 spiro atoms. The number of anilines is 1. The van der Waals surface area contributed by atoms with Crippen LogP contribution >= 0.6 is 0 Å². The average Bonchev–Trinajstić information content (AvgIpc) is 3.15. The third-order valence-corrected chi connectivity index (χ3v) is 6.23. The molecule has 1 saturated heterocycles. The van der Waals surface area contributed by atoms with Crippen LogP contribution in [0.2, 0.25) is 0 Å². The maximum absolute atomic E-state index is 12.9. The number of benzene rings is 2. The average molecular weight is 450 g/mol. The largest absolute Gasteiger partial charge is 0.492 e. The van der Waals surface area contributed by atoms with Crippen LogP contribution in [0.15, 0.2) is 59.4 Å². The minimum atomic E-state index is -0.0345. The van der Waals surface area contributed by atoms with Crippen molar-refractivity contribution in [2.75, 3.05) is 44.2 Å². The molecule has 0 radical (unpaired) electrons. The smallest absolute Gasteiger partial charge is 0.346 e. The number of hydrogen-bond acceptors (Lipinski definition) is 5. The number of aryl methyl sites for hydroxylation is 3. The van der Waals surface area contributed by atoms with Gasteiger partial charge in [0, 0.05) is 51.4 Å². The van der Waals surface area contributed by atoms with Gasteiger partial charge in [-0.2, -0.15) is 5.10 Å². The molecule has 1 aliphatic rings. The van der Waals surface area contributed by atoms with E-state index in [0.717, 1.165) is 57.1 Å². The molecule has 7 heteroatoms. The second-order valence-electron chi connectivity index (χ2n) is 8.61. The highest BCUT2D eigenvalue weighted by atomic mass is 16.5. The van der Waals surface area contributed by atoms with E-state index in [1.165, 1.54) is 11.3 Å². The fourth-order valence-electron chi connectivity index (χ4n) is 4.39. The lowest BCUT2D eigenvalue weighted by atomic mass is 10.2. The second kappa shape index (κ2) is 11.2. The normalized spacial score (nSPS) is 14.5. The van der Waals surface area contributed by atoms with Crippen LogP contribution in [0.4, 0.5) is 5.69 Å². The number of aromatic nitrogens is 3. The fraction of sp³-hybridized carbons (Fsp3) is 0.462. The van der Waals surface area contributed by atoms with Crippen molar-refractivity contribution >= 4 is 5.69 Å². The summed E-state index contributed by atoms with van der Waals surface area (Å²) in [6, 6.07) is 18.4. The molecule has 7 nitrogen and oxygen atoms in total. The highest BCUT2D eigenvalue weighted by molar-refractivity contribution is 5.48. The summed E-state index contributed by atoms with van der Waals surface area (Å²) < 4.78 is 9.16. The molecule has 0 atom stereocenters. The lowest BCUT2D eigenvalue weighted by molar-refractivity contribution is 0.248. The number of hydrogen-bond donors (Lipinski definition) is 0. The molecule has 0 saturated carbocycles. The Kier molecular flexibility index (Phi) is 7.83. The zero-order valence-electron chi connectivity index (χ0n) is 19.8. The summed E-state index contributed by atoms with van der Waals surface area (Å²) in [4.78, 5) is 17.8. The van der Waals surface area contributed by atoms with Gasteiger partial charge >= 0.3 is 5.69 Å². The van der Waals surface area contributed by atoms with Gasteiger partial charge in [-0.15, -0.1) is 0 Å². The molecule has 1 aliphatic heterocycles. The van der Waals surface area contributed by atoms with Crippen molar-refractivity contribution in [3.8, 4) is 5.75 Å². The van der Waals surface area contributed by atoms with Crippen LogP contribution in [-0.2, 0) is 19.5 Å². The number of rotatable bonds is 10. The van der Waals surface area contributed by atoms with Gasteiger partial charge in [-0.1, -0.05) is 37.3 Å². The van der Waals surface area contributed by atoms with E-state index in [1.54, 1.807) is 9.25 Å². The molecule has 1 fully saturated rings. The van der Waals surface area contributed by atoms with Gasteiger partial charge < -0.3 is 9.64 Å². The first-order valence-corrected chi connectivity index (χ1v) is 12.0. The molecular formula is C26H35N5O2. The summed E-state index contributed by atoms with van der Waals surface area (Å²) in [5.41, 5.74) is 2.58. The van der Waals surface area contributed by atoms with Crippen molar-refractivity contribution in [3.63, 3.8) is 0 Å². The van der Waals surface area contributed by atoms with Crippen LogP contribution in [0.25, 0.3) is 0 Å². The Morgan fingerprint density at radius 3 is 2.45 bits per heavy atom. The van der Waals surface area contributed by atoms with Crippen molar-refractivity contribution in [1.29, 1.82) is 0 Å². The van der Waals surface area contributed by atoms with E-state index in [9.17, 15) is 4.79 Å². The number of nitrogens with zero attached hydrogens (tertiary/aromatic N) is 5. The molecule has 176 valence electrons. The number of piperazine rings is 1. The number of ether oxygens (including phenoxy) is 1. The monoisotopic (exact) mass is 449 g/mol. The maximum atomic E-state index is 12.9. The maximum Gasteiger partial charge on any atom is 0.346 e. The van der Waals surface area contributed by atoms with Crippen molar-refractivity contribution in [3.05, 3.63) is 76.5 Å². The van der Waals surface area contributed by atoms with Gasteiger partial charge in [0.1, 0.15) is 18.2 Å². The van der Waals surface area contributed by atoms with Gasteiger partial charge in [0.05, 0.1) is 6.54 Å². The Bertz CT molecular complexity index is 1070. The predicted molar refractivity (Wildman–Crippen MR) is 132 cm³/mol. The van der Waals surface area contributed by atoms with Crippen LogP contribution in [0.3, 0.4) is 0 Å². The molecule has 4 rings (SSSR count). The van der Waals surface area contributed by atoms with Gasteiger partial charge in [-0.3, -0.25) is 9.47 Å². The first kappa shape index (κ1) is 23.1. The zero-order chi connectivity index (χ0) is 23.0. The Morgan fingerprint density at radius 1 is 0.939 bits per heavy atom. The molecule has 3 aromatic rings. The Labute approximate surface area is 196 Å². The van der Waals surface area contributed by atoms with Gasteiger partial charge in [-0.25, -0.2) is 9.48 Å². The van der Waals surface area contributed by atoms with E-state index in [2.05, 4.69) is 46.1 Å². The van der Waals surface area contributed by atoms with Crippen LogP contribution < -0.4 is 15.3 Å². The fourth-order valence-corrected chi connectivity index (χ4v) is 4.39. The van der Waals surface area contributed by atoms with Crippen molar-refractivity contribution in [1.82, 2.24) is 19.2 Å². The molecule has 0 aliphatic carbocycles. The summed E-state index contributed by atoms with van der Waals surface area (Å²) in [6.07, 6.45) is 1.65. The van der Waals surface area contributed by atoms with Gasteiger partial charge in [-0.05, 0) is 43.2 Å². The zero-order valence-corrected chi connectivity index (χ0v) is 19.8. The molecular weight excluding hydrogens is 414 g/mol. The summed E-state index contributed by atoms with van der Waals surface area (Å²) >= 11 is 0. The molecule has 0 amide bonds. The quantitative estimate of drug-likeness (QED) is 0.476. The van der Waals surface area contributed by atoms with E-state index in [1.807, 2.05) is 37.3 Å². The summed E-state index contributed by atoms with van der Waals surface area (Å²) in [6.45, 7) is 11.0. The molecule has 2 heterocycles. The first-order valence-electron chi connectivity index (χ1n) is 12.0. The summed E-state index contributed by atoms with van der Waals surface area (Å²) in [5.74, 6) is 1.64. The highest BCUT2D eigenvalue weighted by Crippen LogP contribution is 2.18. The van der Waals surface area contributed by atoms with Gasteiger partial charge in [0.25, 0.3) is 0 Å². The molecule has 1 aromatic heterocycles. The third kappa shape index (κ3) is 6.05. The molecule has 0 bridgehead atoms. The van der Waals surface area contributed by atoms with E-state index in [4.69, 9.17) is 4.74 Å². The van der Waals surface area contributed by atoms with E-state index < -0.39 is 0 Å². The van der Waals surface area contributed by atoms with Crippen molar-refractivity contribution in [2.24, 2.45) is 0 Å². The Balaban J connectivity index is 1.24. The van der Waals surface area contributed by atoms with Crippen molar-refractivity contribution < 1.29 is 4.74 Å². The van der Waals surface area contributed by atoms with Crippen LogP contribution in [0, 0.1) is 6.92 Å². The Morgan fingerprint density at radius 2 is 1.73 bits per heavy atom. The third-order valence-electron chi connectivity index (χ3n) is 6.23. The lowest BCUT2D eigenvalue weighted by Gasteiger charge is -2.36. The summed E-state index contributed by atoms with van der Waals surface area (Å²) in [5, 5.41) is 4.58.